The summed E-state index contributed by atoms with van der Waals surface area (Å²) >= 11 is 0. The van der Waals surface area contributed by atoms with Crippen molar-refractivity contribution in [1.82, 2.24) is 5.32 Å². The molecule has 0 unspecified atom stereocenters. The number of aryl methyl sites for hydroxylation is 1. The maximum Gasteiger partial charge on any atom is 0.255 e. The highest BCUT2D eigenvalue weighted by Crippen LogP contribution is 2.24. The summed E-state index contributed by atoms with van der Waals surface area (Å²) in [6.45, 7) is 6.56. The molecule has 0 fully saturated rings. The minimum absolute atomic E-state index is 0.200. The van der Waals surface area contributed by atoms with E-state index in [2.05, 4.69) is 5.32 Å². The maximum absolute atomic E-state index is 14.0. The third kappa shape index (κ3) is 4.95. The van der Waals surface area contributed by atoms with Gasteiger partial charge in [0.05, 0.1) is 18.2 Å². The summed E-state index contributed by atoms with van der Waals surface area (Å²) in [4.78, 5) is 12.7. The van der Waals surface area contributed by atoms with Gasteiger partial charge >= 0.3 is 0 Å². The lowest BCUT2D eigenvalue weighted by atomic mass is 10.1. The summed E-state index contributed by atoms with van der Waals surface area (Å²) in [6, 6.07) is 9.68. The average molecular weight is 360 g/mol. The van der Waals surface area contributed by atoms with Crippen molar-refractivity contribution in [2.24, 2.45) is 5.73 Å². The zero-order valence-corrected chi connectivity index (χ0v) is 15.3. The van der Waals surface area contributed by atoms with E-state index >= 15 is 0 Å². The van der Waals surface area contributed by atoms with Crippen molar-refractivity contribution < 1.29 is 18.7 Å². The van der Waals surface area contributed by atoms with Gasteiger partial charge in [0, 0.05) is 6.54 Å². The van der Waals surface area contributed by atoms with Gasteiger partial charge in [-0.15, -0.1) is 0 Å². The lowest BCUT2D eigenvalue weighted by Gasteiger charge is -2.17. The Morgan fingerprint density at radius 2 is 1.92 bits per heavy atom. The standard InChI is InChI=1S/C20H25FN2O3/c1-4-25-19-8-6-15(12-17(19)21)14(3)23-20(24)16-11-13(2)5-7-18(16)26-10-9-22/h5-8,11-12,14H,4,9-10,22H2,1-3H3,(H,23,24)/t14-/m1/s1. The van der Waals surface area contributed by atoms with E-state index < -0.39 is 5.82 Å². The maximum atomic E-state index is 14.0. The number of benzene rings is 2. The van der Waals surface area contributed by atoms with Gasteiger partial charge in [-0.25, -0.2) is 4.39 Å². The summed E-state index contributed by atoms with van der Waals surface area (Å²) < 4.78 is 24.8. The Balaban J connectivity index is 2.16. The Hall–Kier alpha value is -2.60. The van der Waals surface area contributed by atoms with Crippen LogP contribution in [0.15, 0.2) is 36.4 Å². The van der Waals surface area contributed by atoms with E-state index in [4.69, 9.17) is 15.2 Å². The summed E-state index contributed by atoms with van der Waals surface area (Å²) in [5.74, 6) is -0.0648. The molecular weight excluding hydrogens is 335 g/mol. The number of amides is 1. The van der Waals surface area contributed by atoms with Gasteiger partial charge in [-0.3, -0.25) is 4.79 Å². The molecule has 0 aliphatic heterocycles. The predicted molar refractivity (Wildman–Crippen MR) is 99.2 cm³/mol. The first-order chi connectivity index (χ1) is 12.5. The molecule has 2 aromatic carbocycles. The fourth-order valence-electron chi connectivity index (χ4n) is 2.53. The number of hydrogen-bond acceptors (Lipinski definition) is 4. The van der Waals surface area contributed by atoms with Crippen LogP contribution in [-0.4, -0.2) is 25.7 Å². The van der Waals surface area contributed by atoms with E-state index in [1.54, 1.807) is 38.1 Å². The third-order valence-corrected chi connectivity index (χ3v) is 3.86. The van der Waals surface area contributed by atoms with E-state index in [1.807, 2.05) is 13.0 Å². The van der Waals surface area contributed by atoms with E-state index in [0.717, 1.165) is 5.56 Å². The highest BCUT2D eigenvalue weighted by Gasteiger charge is 2.17. The first-order valence-corrected chi connectivity index (χ1v) is 8.62. The Morgan fingerprint density at radius 1 is 1.19 bits per heavy atom. The summed E-state index contributed by atoms with van der Waals surface area (Å²) in [6.07, 6.45) is 0. The van der Waals surface area contributed by atoms with Crippen LogP contribution < -0.4 is 20.5 Å². The fraction of sp³-hybridized carbons (Fsp3) is 0.350. The molecule has 0 bridgehead atoms. The van der Waals surface area contributed by atoms with Gasteiger partial charge in [0.1, 0.15) is 12.4 Å². The Kier molecular flexibility index (Phi) is 6.97. The molecule has 2 aromatic rings. The number of carbonyl (C=O) groups excluding carboxylic acids is 1. The van der Waals surface area contributed by atoms with Crippen LogP contribution in [-0.2, 0) is 0 Å². The van der Waals surface area contributed by atoms with Gasteiger partial charge < -0.3 is 20.5 Å². The summed E-state index contributed by atoms with van der Waals surface area (Å²) in [7, 11) is 0. The van der Waals surface area contributed by atoms with Gasteiger partial charge in [-0.05, 0) is 50.6 Å². The van der Waals surface area contributed by atoms with Crippen molar-refractivity contribution in [3.05, 3.63) is 58.9 Å². The SMILES string of the molecule is CCOc1ccc([C@@H](C)NC(=O)c2cc(C)ccc2OCCN)cc1F. The van der Waals surface area contributed by atoms with Crippen molar-refractivity contribution in [2.45, 2.75) is 26.8 Å². The molecule has 0 saturated carbocycles. The molecule has 6 heteroatoms. The number of rotatable bonds is 8. The Morgan fingerprint density at radius 3 is 2.58 bits per heavy atom. The zero-order valence-electron chi connectivity index (χ0n) is 15.3. The normalized spacial score (nSPS) is 11.7. The summed E-state index contributed by atoms with van der Waals surface area (Å²) in [5.41, 5.74) is 7.48. The van der Waals surface area contributed by atoms with E-state index in [1.165, 1.54) is 6.07 Å². The molecule has 140 valence electrons. The topological polar surface area (TPSA) is 73.6 Å². The molecule has 3 N–H and O–H groups in total. The van der Waals surface area contributed by atoms with Crippen molar-refractivity contribution in [2.75, 3.05) is 19.8 Å². The minimum Gasteiger partial charge on any atom is -0.491 e. The molecule has 1 atom stereocenters. The van der Waals surface area contributed by atoms with Crippen LogP contribution in [0.2, 0.25) is 0 Å². The minimum atomic E-state index is -0.451. The molecular formula is C20H25FN2O3. The Labute approximate surface area is 153 Å². The van der Waals surface area contributed by atoms with Crippen molar-refractivity contribution in [3.63, 3.8) is 0 Å². The van der Waals surface area contributed by atoms with Crippen LogP contribution in [0.4, 0.5) is 4.39 Å². The predicted octanol–water partition coefficient (Wildman–Crippen LogP) is 3.36. The van der Waals surface area contributed by atoms with Crippen LogP contribution in [0, 0.1) is 12.7 Å². The summed E-state index contributed by atoms with van der Waals surface area (Å²) in [5, 5.41) is 2.88. The molecule has 5 nitrogen and oxygen atoms in total. The van der Waals surface area contributed by atoms with Crippen molar-refractivity contribution in [3.8, 4) is 11.5 Å². The van der Waals surface area contributed by atoms with Gasteiger partial charge in [-0.1, -0.05) is 17.7 Å². The Bertz CT molecular complexity index is 765. The van der Waals surface area contributed by atoms with Gasteiger partial charge in [0.25, 0.3) is 5.91 Å². The number of halogens is 1. The third-order valence-electron chi connectivity index (χ3n) is 3.86. The highest BCUT2D eigenvalue weighted by atomic mass is 19.1. The molecule has 0 heterocycles. The smallest absolute Gasteiger partial charge is 0.255 e. The van der Waals surface area contributed by atoms with Gasteiger partial charge in [0.15, 0.2) is 11.6 Å². The molecule has 26 heavy (non-hydrogen) atoms. The van der Waals surface area contributed by atoms with Crippen LogP contribution in [0.5, 0.6) is 11.5 Å². The molecule has 0 aliphatic carbocycles. The van der Waals surface area contributed by atoms with Gasteiger partial charge in [-0.2, -0.15) is 0 Å². The van der Waals surface area contributed by atoms with Crippen molar-refractivity contribution in [1.29, 1.82) is 0 Å². The molecule has 0 aliphatic rings. The number of carbonyl (C=O) groups is 1. The lowest BCUT2D eigenvalue weighted by molar-refractivity contribution is 0.0935. The second-order valence-corrected chi connectivity index (χ2v) is 5.95. The zero-order chi connectivity index (χ0) is 19.1. The number of hydrogen-bond donors (Lipinski definition) is 2. The van der Waals surface area contributed by atoms with Crippen LogP contribution in [0.25, 0.3) is 0 Å². The molecule has 0 radical (unpaired) electrons. The molecule has 2 rings (SSSR count). The van der Waals surface area contributed by atoms with Crippen molar-refractivity contribution >= 4 is 5.91 Å². The lowest BCUT2D eigenvalue weighted by Crippen LogP contribution is -2.27. The largest absolute Gasteiger partial charge is 0.491 e. The second kappa shape index (κ2) is 9.20. The monoisotopic (exact) mass is 360 g/mol. The molecule has 1 amide bonds. The number of ether oxygens (including phenoxy) is 2. The van der Waals surface area contributed by atoms with Crippen LogP contribution in [0.1, 0.15) is 41.4 Å². The van der Waals surface area contributed by atoms with E-state index in [9.17, 15) is 9.18 Å². The average Bonchev–Trinajstić information content (AvgIpc) is 2.62. The van der Waals surface area contributed by atoms with Crippen LogP contribution in [0.3, 0.4) is 0 Å². The molecule has 0 aromatic heterocycles. The second-order valence-electron chi connectivity index (χ2n) is 5.95. The van der Waals surface area contributed by atoms with E-state index in [0.29, 0.717) is 36.6 Å². The first-order valence-electron chi connectivity index (χ1n) is 8.62. The number of nitrogens with one attached hydrogen (secondary N) is 1. The van der Waals surface area contributed by atoms with Gasteiger partial charge in [0.2, 0.25) is 0 Å². The van der Waals surface area contributed by atoms with Crippen LogP contribution >= 0.6 is 0 Å². The highest BCUT2D eigenvalue weighted by molar-refractivity contribution is 5.97. The molecule has 0 saturated heterocycles. The number of nitrogens with two attached hydrogens (primary N) is 1. The first kappa shape index (κ1) is 19.7. The fourth-order valence-corrected chi connectivity index (χ4v) is 2.53. The molecule has 0 spiro atoms. The van der Waals surface area contributed by atoms with E-state index in [-0.39, 0.29) is 17.7 Å². The quantitative estimate of drug-likeness (QED) is 0.757.